The Hall–Kier alpha value is -3.72. The van der Waals surface area contributed by atoms with Crippen LogP contribution >= 0.6 is 0 Å². The van der Waals surface area contributed by atoms with E-state index >= 15 is 0 Å². The summed E-state index contributed by atoms with van der Waals surface area (Å²) in [7, 11) is 1.31. The van der Waals surface area contributed by atoms with E-state index in [-0.39, 0.29) is 22.6 Å². The average molecular weight is 368 g/mol. The van der Waals surface area contributed by atoms with Crippen LogP contribution in [0.2, 0.25) is 0 Å². The molecule has 2 aromatic carbocycles. The molecule has 0 saturated carbocycles. The molecule has 9 nitrogen and oxygen atoms in total. The van der Waals surface area contributed by atoms with E-state index in [1.807, 2.05) is 0 Å². The van der Waals surface area contributed by atoms with Gasteiger partial charge < -0.3 is 4.74 Å². The van der Waals surface area contributed by atoms with Crippen LogP contribution in [-0.4, -0.2) is 28.4 Å². The number of rotatable bonds is 4. The predicted octanol–water partition coefficient (Wildman–Crippen LogP) is 2.16. The number of fused-ring (bicyclic) bond motifs is 1. The molecule has 3 aromatic rings. The van der Waals surface area contributed by atoms with Gasteiger partial charge in [-0.25, -0.2) is 5.84 Å². The molecule has 9 heteroatoms. The third-order valence-corrected chi connectivity index (χ3v) is 4.30. The number of aromatic nitrogens is 1. The van der Waals surface area contributed by atoms with E-state index in [4.69, 9.17) is 10.6 Å². The maximum atomic E-state index is 13.1. The maximum Gasteiger partial charge on any atom is 0.311 e. The predicted molar refractivity (Wildman–Crippen MR) is 97.7 cm³/mol. The third-order valence-electron chi connectivity index (χ3n) is 4.30. The highest BCUT2D eigenvalue weighted by Gasteiger charge is 2.25. The number of nitro groups is 1. The Labute approximate surface area is 153 Å². The molecule has 1 aromatic heterocycles. The third kappa shape index (κ3) is 2.89. The van der Waals surface area contributed by atoms with Crippen molar-refractivity contribution in [2.24, 2.45) is 5.84 Å². The number of benzene rings is 2. The molecule has 27 heavy (non-hydrogen) atoms. The minimum Gasteiger partial charge on any atom is -0.490 e. The standard InChI is InChI=1S/C18H16N4O5/c1-10-16(17(23)20-19)12-5-3-4-6-13(12)21(10)18(24)11-7-8-15(27-2)14(9-11)22(25)26/h3-9H,19H2,1-2H3,(H,20,23). The Balaban J connectivity index is 2.23. The van der Waals surface area contributed by atoms with Gasteiger partial charge in [0.15, 0.2) is 5.75 Å². The van der Waals surface area contributed by atoms with Gasteiger partial charge >= 0.3 is 5.69 Å². The summed E-state index contributed by atoms with van der Waals surface area (Å²) in [5, 5.41) is 11.8. The smallest absolute Gasteiger partial charge is 0.311 e. The van der Waals surface area contributed by atoms with Crippen molar-refractivity contribution in [3.63, 3.8) is 0 Å². The number of carbonyl (C=O) groups excluding carboxylic acids is 2. The number of ether oxygens (including phenoxy) is 1. The van der Waals surface area contributed by atoms with Gasteiger partial charge in [0.25, 0.3) is 11.8 Å². The molecular formula is C18H16N4O5. The molecule has 1 heterocycles. The molecule has 0 atom stereocenters. The van der Waals surface area contributed by atoms with Gasteiger partial charge in [0, 0.05) is 22.7 Å². The zero-order chi connectivity index (χ0) is 19.7. The van der Waals surface area contributed by atoms with Crippen molar-refractivity contribution in [1.29, 1.82) is 0 Å². The SMILES string of the molecule is COc1ccc(C(=O)n2c(C)c(C(=O)NN)c3ccccc32)cc1[N+](=O)[O-]. The fourth-order valence-corrected chi connectivity index (χ4v) is 3.08. The monoisotopic (exact) mass is 368 g/mol. The minimum absolute atomic E-state index is 0.0498. The Morgan fingerprint density at radius 1 is 1.22 bits per heavy atom. The van der Waals surface area contributed by atoms with E-state index in [9.17, 15) is 19.7 Å². The molecule has 138 valence electrons. The lowest BCUT2D eigenvalue weighted by Gasteiger charge is -2.09. The molecule has 1 amide bonds. The summed E-state index contributed by atoms with van der Waals surface area (Å²) in [6.45, 7) is 1.61. The Morgan fingerprint density at radius 3 is 2.56 bits per heavy atom. The second kappa shape index (κ2) is 6.89. The van der Waals surface area contributed by atoms with Gasteiger partial charge in [-0.3, -0.25) is 29.7 Å². The molecule has 0 aliphatic carbocycles. The molecule has 0 spiro atoms. The van der Waals surface area contributed by atoms with Crippen LogP contribution in [0, 0.1) is 17.0 Å². The number of para-hydroxylation sites is 1. The summed E-state index contributed by atoms with van der Waals surface area (Å²) in [5.74, 6) is 4.27. The van der Waals surface area contributed by atoms with Gasteiger partial charge in [-0.1, -0.05) is 18.2 Å². The van der Waals surface area contributed by atoms with Crippen LogP contribution in [0.1, 0.15) is 26.4 Å². The first kappa shape index (κ1) is 18.1. The largest absolute Gasteiger partial charge is 0.490 e. The number of nitrogens with two attached hydrogens (primary N) is 1. The lowest BCUT2D eigenvalue weighted by Crippen LogP contribution is -2.30. The van der Waals surface area contributed by atoms with Crippen LogP contribution in [0.4, 0.5) is 5.69 Å². The number of hydrogen-bond donors (Lipinski definition) is 2. The molecule has 0 radical (unpaired) electrons. The highest BCUT2D eigenvalue weighted by molar-refractivity contribution is 6.13. The van der Waals surface area contributed by atoms with E-state index in [1.165, 1.54) is 23.8 Å². The van der Waals surface area contributed by atoms with Crippen LogP contribution in [0.25, 0.3) is 10.9 Å². The van der Waals surface area contributed by atoms with Crippen LogP contribution in [0.5, 0.6) is 5.75 Å². The van der Waals surface area contributed by atoms with Crippen LogP contribution in [0.15, 0.2) is 42.5 Å². The van der Waals surface area contributed by atoms with E-state index < -0.39 is 16.7 Å². The summed E-state index contributed by atoms with van der Waals surface area (Å²) in [6.07, 6.45) is 0. The summed E-state index contributed by atoms with van der Waals surface area (Å²) in [4.78, 5) is 35.9. The first-order chi connectivity index (χ1) is 12.9. The number of nitro benzene ring substituents is 1. The van der Waals surface area contributed by atoms with Gasteiger partial charge in [-0.05, 0) is 25.1 Å². The number of nitrogens with one attached hydrogen (secondary N) is 1. The zero-order valence-corrected chi connectivity index (χ0v) is 14.6. The van der Waals surface area contributed by atoms with Gasteiger partial charge in [0.1, 0.15) is 0 Å². The molecule has 3 rings (SSSR count). The number of nitrogens with zero attached hydrogens (tertiary/aromatic N) is 2. The topological polar surface area (TPSA) is 129 Å². The first-order valence-electron chi connectivity index (χ1n) is 7.88. The number of hydrogen-bond acceptors (Lipinski definition) is 6. The number of hydrazine groups is 1. The van der Waals surface area contributed by atoms with Crippen molar-refractivity contribution >= 4 is 28.4 Å². The molecule has 0 saturated heterocycles. The minimum atomic E-state index is -0.621. The summed E-state index contributed by atoms with van der Waals surface area (Å²) >= 11 is 0. The van der Waals surface area contributed by atoms with E-state index in [1.54, 1.807) is 31.2 Å². The molecule has 0 aliphatic rings. The molecule has 0 unspecified atom stereocenters. The maximum absolute atomic E-state index is 13.1. The van der Waals surface area contributed by atoms with Crippen LogP contribution < -0.4 is 16.0 Å². The lowest BCUT2D eigenvalue weighted by molar-refractivity contribution is -0.385. The van der Waals surface area contributed by atoms with Gasteiger partial charge in [-0.2, -0.15) is 0 Å². The number of nitrogen functional groups attached to an aromatic ring is 1. The highest BCUT2D eigenvalue weighted by Crippen LogP contribution is 2.30. The van der Waals surface area contributed by atoms with Crippen LogP contribution in [-0.2, 0) is 0 Å². The van der Waals surface area contributed by atoms with Crippen LogP contribution in [0.3, 0.4) is 0 Å². The molecule has 0 fully saturated rings. The number of carbonyl (C=O) groups is 2. The Bertz CT molecular complexity index is 1090. The van der Waals surface area contributed by atoms with E-state index in [0.717, 1.165) is 6.07 Å². The fraction of sp³-hybridized carbons (Fsp3) is 0.111. The lowest BCUT2D eigenvalue weighted by atomic mass is 10.1. The zero-order valence-electron chi connectivity index (χ0n) is 14.6. The van der Waals surface area contributed by atoms with Crippen molar-refractivity contribution in [1.82, 2.24) is 9.99 Å². The summed E-state index contributed by atoms with van der Waals surface area (Å²) in [6, 6.07) is 10.8. The molecule has 0 aliphatic heterocycles. The quantitative estimate of drug-likeness (QED) is 0.314. The fourth-order valence-electron chi connectivity index (χ4n) is 3.08. The summed E-state index contributed by atoms with van der Waals surface area (Å²) in [5.41, 5.74) is 2.99. The van der Waals surface area contributed by atoms with E-state index in [2.05, 4.69) is 5.43 Å². The average Bonchev–Trinajstić information content (AvgIpc) is 2.98. The second-order valence-electron chi connectivity index (χ2n) is 5.74. The van der Waals surface area contributed by atoms with E-state index in [0.29, 0.717) is 16.6 Å². The molecular weight excluding hydrogens is 352 g/mol. The molecule has 0 bridgehead atoms. The number of methoxy groups -OCH3 is 1. The Morgan fingerprint density at radius 2 is 1.93 bits per heavy atom. The summed E-state index contributed by atoms with van der Waals surface area (Å²) < 4.78 is 6.30. The van der Waals surface area contributed by atoms with Gasteiger partial charge in [0.05, 0.1) is 23.1 Å². The normalized spacial score (nSPS) is 10.6. The van der Waals surface area contributed by atoms with Crippen molar-refractivity contribution in [2.45, 2.75) is 6.92 Å². The van der Waals surface area contributed by atoms with Crippen molar-refractivity contribution < 1.29 is 19.2 Å². The highest BCUT2D eigenvalue weighted by atomic mass is 16.6. The second-order valence-corrected chi connectivity index (χ2v) is 5.74. The van der Waals surface area contributed by atoms with Crippen molar-refractivity contribution in [2.75, 3.05) is 7.11 Å². The van der Waals surface area contributed by atoms with Gasteiger partial charge in [0.2, 0.25) is 0 Å². The number of amides is 1. The van der Waals surface area contributed by atoms with Gasteiger partial charge in [-0.15, -0.1) is 0 Å². The Kier molecular flexibility index (Phi) is 4.61. The first-order valence-corrected chi connectivity index (χ1v) is 7.88. The molecule has 3 N–H and O–H groups in total. The van der Waals surface area contributed by atoms with Crippen molar-refractivity contribution in [3.05, 3.63) is 69.4 Å². The van der Waals surface area contributed by atoms with Crippen molar-refractivity contribution in [3.8, 4) is 5.75 Å².